The largest absolute Gasteiger partial charge is 0.319 e. The maximum absolute atomic E-state index is 13.8. The Balaban J connectivity index is 2.47. The highest BCUT2D eigenvalue weighted by Gasteiger charge is 2.20. The number of aromatic nitrogens is 2. The van der Waals surface area contributed by atoms with E-state index < -0.39 is 11.9 Å². The molecule has 1 atom stereocenters. The van der Waals surface area contributed by atoms with Gasteiger partial charge in [0.2, 0.25) is 0 Å². The van der Waals surface area contributed by atoms with Crippen molar-refractivity contribution < 1.29 is 4.39 Å². The zero-order valence-electron chi connectivity index (χ0n) is 9.70. The summed E-state index contributed by atoms with van der Waals surface area (Å²) in [6, 6.07) is 3.72. The molecule has 2 N–H and O–H groups in total. The van der Waals surface area contributed by atoms with E-state index >= 15 is 0 Å². The molecule has 0 saturated carbocycles. The minimum atomic E-state index is -0.669. The lowest BCUT2D eigenvalue weighted by Gasteiger charge is -2.15. The summed E-state index contributed by atoms with van der Waals surface area (Å²) in [6.45, 7) is 2.53. The molecule has 6 heteroatoms. The predicted octanol–water partition coefficient (Wildman–Crippen LogP) is 3.40. The second-order valence-electron chi connectivity index (χ2n) is 3.84. The Morgan fingerprint density at radius 1 is 1.44 bits per heavy atom. The van der Waals surface area contributed by atoms with E-state index in [1.807, 2.05) is 6.92 Å². The highest BCUT2D eigenvalue weighted by molar-refractivity contribution is 6.31. The lowest BCUT2D eigenvalue weighted by Crippen LogP contribution is -2.18. The molecule has 96 valence electrons. The molecule has 18 heavy (non-hydrogen) atoms. The van der Waals surface area contributed by atoms with Crippen LogP contribution in [0.2, 0.25) is 10.0 Å². The number of hydrogen-bond acceptors (Lipinski definition) is 2. The number of halogens is 3. The first kappa shape index (κ1) is 13.3. The summed E-state index contributed by atoms with van der Waals surface area (Å²) in [4.78, 5) is 0. The number of benzene rings is 1. The highest BCUT2D eigenvalue weighted by Crippen LogP contribution is 2.29. The van der Waals surface area contributed by atoms with Gasteiger partial charge in [-0.25, -0.2) is 4.39 Å². The quantitative estimate of drug-likeness (QED) is 0.940. The third-order valence-electron chi connectivity index (χ3n) is 2.72. The van der Waals surface area contributed by atoms with Crippen molar-refractivity contribution in [1.29, 1.82) is 0 Å². The van der Waals surface area contributed by atoms with E-state index in [1.165, 1.54) is 12.3 Å². The number of aryl methyl sites for hydroxylation is 1. The Bertz CT molecular complexity index is 568. The summed E-state index contributed by atoms with van der Waals surface area (Å²) in [5.41, 5.74) is 7.00. The molecule has 0 saturated heterocycles. The number of nitrogens with two attached hydrogens (primary N) is 1. The number of nitrogens with zero attached hydrogens (tertiary/aromatic N) is 2. The molecule has 0 aliphatic carbocycles. The molecular formula is C12H12Cl2FN3. The molecule has 0 spiro atoms. The number of rotatable bonds is 3. The van der Waals surface area contributed by atoms with Gasteiger partial charge in [0.05, 0.1) is 23.0 Å². The van der Waals surface area contributed by atoms with Gasteiger partial charge in [0.1, 0.15) is 5.82 Å². The maximum atomic E-state index is 13.8. The molecule has 0 bridgehead atoms. The predicted molar refractivity (Wildman–Crippen MR) is 70.4 cm³/mol. The molecule has 2 rings (SSSR count). The molecule has 0 aliphatic heterocycles. The Labute approximate surface area is 114 Å². The zero-order chi connectivity index (χ0) is 13.3. The van der Waals surface area contributed by atoms with Crippen LogP contribution in [0.3, 0.4) is 0 Å². The van der Waals surface area contributed by atoms with Crippen molar-refractivity contribution in [3.05, 3.63) is 51.5 Å². The lowest BCUT2D eigenvalue weighted by molar-refractivity contribution is 0.568. The smallest absolute Gasteiger partial charge is 0.129 e. The van der Waals surface area contributed by atoms with Crippen LogP contribution in [0, 0.1) is 5.82 Å². The van der Waals surface area contributed by atoms with Crippen LogP contribution in [0.5, 0.6) is 0 Å². The SMILES string of the molecule is CCn1ncc(Cl)c1C(N)c1ccc(Cl)cc1F. The minimum absolute atomic E-state index is 0.332. The van der Waals surface area contributed by atoms with Crippen molar-refractivity contribution in [3.63, 3.8) is 0 Å². The van der Waals surface area contributed by atoms with E-state index in [9.17, 15) is 4.39 Å². The third-order valence-corrected chi connectivity index (χ3v) is 3.25. The Kier molecular flexibility index (Phi) is 3.90. The summed E-state index contributed by atoms with van der Waals surface area (Å²) in [5, 5.41) is 4.85. The van der Waals surface area contributed by atoms with Crippen LogP contribution in [0.25, 0.3) is 0 Å². The van der Waals surface area contributed by atoms with Gasteiger partial charge in [0, 0.05) is 17.1 Å². The van der Waals surface area contributed by atoms with Gasteiger partial charge < -0.3 is 5.73 Å². The van der Waals surface area contributed by atoms with Crippen LogP contribution in [0.4, 0.5) is 4.39 Å². The van der Waals surface area contributed by atoms with Gasteiger partial charge in [0.15, 0.2) is 0 Å². The van der Waals surface area contributed by atoms with Gasteiger partial charge in [-0.3, -0.25) is 4.68 Å². The molecule has 1 aromatic carbocycles. The van der Waals surface area contributed by atoms with Gasteiger partial charge in [0.25, 0.3) is 0 Å². The second kappa shape index (κ2) is 5.26. The van der Waals surface area contributed by atoms with Gasteiger partial charge >= 0.3 is 0 Å². The number of hydrogen-bond donors (Lipinski definition) is 1. The third kappa shape index (κ3) is 2.36. The van der Waals surface area contributed by atoms with Gasteiger partial charge in [-0.2, -0.15) is 5.10 Å². The van der Waals surface area contributed by atoms with Crippen molar-refractivity contribution in [2.24, 2.45) is 5.73 Å². The first-order valence-electron chi connectivity index (χ1n) is 5.46. The molecule has 0 radical (unpaired) electrons. The van der Waals surface area contributed by atoms with Crippen molar-refractivity contribution in [2.75, 3.05) is 0 Å². The molecule has 2 aromatic rings. The molecule has 1 unspecified atom stereocenters. The van der Waals surface area contributed by atoms with E-state index in [-0.39, 0.29) is 0 Å². The summed E-state index contributed by atoms with van der Waals surface area (Å²) in [6.07, 6.45) is 1.51. The molecule has 0 amide bonds. The fourth-order valence-electron chi connectivity index (χ4n) is 1.83. The van der Waals surface area contributed by atoms with Crippen LogP contribution in [0.1, 0.15) is 24.2 Å². The molecule has 3 nitrogen and oxygen atoms in total. The van der Waals surface area contributed by atoms with Crippen LogP contribution in [0.15, 0.2) is 24.4 Å². The van der Waals surface area contributed by atoms with E-state index in [1.54, 1.807) is 16.8 Å². The minimum Gasteiger partial charge on any atom is -0.319 e. The Hall–Kier alpha value is -1.10. The average Bonchev–Trinajstić information content (AvgIpc) is 2.69. The fraction of sp³-hybridized carbons (Fsp3) is 0.250. The van der Waals surface area contributed by atoms with Crippen LogP contribution in [-0.2, 0) is 6.54 Å². The van der Waals surface area contributed by atoms with E-state index in [0.717, 1.165) is 0 Å². The normalized spacial score (nSPS) is 12.7. The van der Waals surface area contributed by atoms with Gasteiger partial charge in [-0.05, 0) is 19.1 Å². The molecular weight excluding hydrogens is 276 g/mol. The van der Waals surface area contributed by atoms with Crippen molar-refractivity contribution in [3.8, 4) is 0 Å². The van der Waals surface area contributed by atoms with Gasteiger partial charge in [-0.1, -0.05) is 29.3 Å². The standard InChI is InChI=1S/C12H12Cl2FN3/c1-2-18-12(9(14)6-17-18)11(16)8-4-3-7(13)5-10(8)15/h3-6,11H,2,16H2,1H3. The Morgan fingerprint density at radius 2 is 2.17 bits per heavy atom. The lowest BCUT2D eigenvalue weighted by atomic mass is 10.0. The van der Waals surface area contributed by atoms with Crippen molar-refractivity contribution >= 4 is 23.2 Å². The zero-order valence-corrected chi connectivity index (χ0v) is 11.2. The molecule has 1 aromatic heterocycles. The average molecular weight is 288 g/mol. The van der Waals surface area contributed by atoms with Crippen LogP contribution < -0.4 is 5.73 Å². The highest BCUT2D eigenvalue weighted by atomic mass is 35.5. The fourth-order valence-corrected chi connectivity index (χ4v) is 2.25. The van der Waals surface area contributed by atoms with Crippen molar-refractivity contribution in [2.45, 2.75) is 19.5 Å². The van der Waals surface area contributed by atoms with E-state index in [0.29, 0.717) is 27.8 Å². The summed E-state index contributed by atoms with van der Waals surface area (Å²) in [5.74, 6) is -0.449. The maximum Gasteiger partial charge on any atom is 0.129 e. The monoisotopic (exact) mass is 287 g/mol. The van der Waals surface area contributed by atoms with Gasteiger partial charge in [-0.15, -0.1) is 0 Å². The summed E-state index contributed by atoms with van der Waals surface area (Å²) < 4.78 is 15.5. The van der Waals surface area contributed by atoms with Crippen LogP contribution in [-0.4, -0.2) is 9.78 Å². The molecule has 0 fully saturated rings. The first-order chi connectivity index (χ1) is 8.54. The first-order valence-corrected chi connectivity index (χ1v) is 6.22. The molecule has 0 aliphatic rings. The Morgan fingerprint density at radius 3 is 2.78 bits per heavy atom. The molecule has 1 heterocycles. The summed E-state index contributed by atoms with van der Waals surface area (Å²) in [7, 11) is 0. The van der Waals surface area contributed by atoms with E-state index in [2.05, 4.69) is 5.10 Å². The topological polar surface area (TPSA) is 43.8 Å². The summed E-state index contributed by atoms with van der Waals surface area (Å²) >= 11 is 11.8. The van der Waals surface area contributed by atoms with Crippen LogP contribution >= 0.6 is 23.2 Å². The second-order valence-corrected chi connectivity index (χ2v) is 4.68. The van der Waals surface area contributed by atoms with Crippen molar-refractivity contribution in [1.82, 2.24) is 9.78 Å². The van der Waals surface area contributed by atoms with E-state index in [4.69, 9.17) is 28.9 Å².